The van der Waals surface area contributed by atoms with Crippen LogP contribution in [0.3, 0.4) is 0 Å². The van der Waals surface area contributed by atoms with E-state index in [4.69, 9.17) is 9.47 Å². The van der Waals surface area contributed by atoms with Crippen LogP contribution in [-0.2, 0) is 9.47 Å². The maximum absolute atomic E-state index is 11.8. The zero-order chi connectivity index (χ0) is 15.8. The molecule has 0 rings (SSSR count). The van der Waals surface area contributed by atoms with Crippen LogP contribution in [0, 0.1) is 11.8 Å². The first-order valence-electron chi connectivity index (χ1n) is 7.35. The van der Waals surface area contributed by atoms with Crippen LogP contribution in [0.5, 0.6) is 0 Å². The van der Waals surface area contributed by atoms with Crippen molar-refractivity contribution in [2.24, 2.45) is 11.8 Å². The highest BCUT2D eigenvalue weighted by atomic mass is 16.6. The largest absolute Gasteiger partial charge is 0.444 e. The van der Waals surface area contributed by atoms with Gasteiger partial charge < -0.3 is 20.1 Å². The lowest BCUT2D eigenvalue weighted by Crippen LogP contribution is -2.47. The number of hydrogen-bond acceptors (Lipinski definition) is 4. The first kappa shape index (κ1) is 19.2. The molecule has 2 atom stereocenters. The molecule has 0 heterocycles. The molecular weight excluding hydrogens is 256 g/mol. The third kappa shape index (κ3) is 10.0. The van der Waals surface area contributed by atoms with Gasteiger partial charge in [-0.3, -0.25) is 0 Å². The Morgan fingerprint density at radius 3 is 2.20 bits per heavy atom. The van der Waals surface area contributed by atoms with Crippen LogP contribution in [0.4, 0.5) is 4.79 Å². The molecule has 0 saturated carbocycles. The molecule has 0 aromatic carbocycles. The quantitative estimate of drug-likeness (QED) is 0.720. The summed E-state index contributed by atoms with van der Waals surface area (Å²) in [4.78, 5) is 11.8. The summed E-state index contributed by atoms with van der Waals surface area (Å²) in [5.41, 5.74) is -0.466. The predicted octanol–water partition coefficient (Wildman–Crippen LogP) is 2.41. The van der Waals surface area contributed by atoms with E-state index in [0.717, 1.165) is 19.7 Å². The van der Waals surface area contributed by atoms with Gasteiger partial charge in [0.1, 0.15) is 5.60 Å². The fourth-order valence-corrected chi connectivity index (χ4v) is 1.74. The highest BCUT2D eigenvalue weighted by Crippen LogP contribution is 2.08. The van der Waals surface area contributed by atoms with Gasteiger partial charge in [-0.25, -0.2) is 4.79 Å². The van der Waals surface area contributed by atoms with E-state index in [2.05, 4.69) is 31.4 Å². The third-order valence-electron chi connectivity index (χ3n) is 2.82. The number of amides is 1. The van der Waals surface area contributed by atoms with E-state index in [0.29, 0.717) is 11.8 Å². The average Bonchev–Trinajstić information content (AvgIpc) is 2.25. The predicted molar refractivity (Wildman–Crippen MR) is 81.9 cm³/mol. The second-order valence-electron chi connectivity index (χ2n) is 6.72. The molecule has 0 aromatic heterocycles. The van der Waals surface area contributed by atoms with Crippen LogP contribution in [0.15, 0.2) is 0 Å². The van der Waals surface area contributed by atoms with Gasteiger partial charge >= 0.3 is 6.09 Å². The van der Waals surface area contributed by atoms with E-state index in [-0.39, 0.29) is 12.1 Å². The fraction of sp³-hybridized carbons (Fsp3) is 0.933. The van der Waals surface area contributed by atoms with Gasteiger partial charge in [0.05, 0.1) is 0 Å². The molecule has 0 saturated heterocycles. The monoisotopic (exact) mass is 288 g/mol. The number of ether oxygens (including phenoxy) is 2. The highest BCUT2D eigenvalue weighted by molar-refractivity contribution is 5.68. The number of alkyl carbamates (subject to hydrolysis) is 1. The van der Waals surface area contributed by atoms with Crippen LogP contribution in [-0.4, -0.2) is 44.5 Å². The van der Waals surface area contributed by atoms with Crippen molar-refractivity contribution in [1.29, 1.82) is 0 Å². The van der Waals surface area contributed by atoms with E-state index < -0.39 is 5.60 Å². The number of nitrogens with one attached hydrogen (secondary N) is 2. The first-order chi connectivity index (χ1) is 9.15. The maximum Gasteiger partial charge on any atom is 0.407 e. The molecule has 0 aromatic rings. The van der Waals surface area contributed by atoms with Crippen molar-refractivity contribution in [2.75, 3.05) is 26.8 Å². The molecule has 120 valence electrons. The van der Waals surface area contributed by atoms with Gasteiger partial charge in [0, 0.05) is 26.3 Å². The number of rotatable bonds is 8. The van der Waals surface area contributed by atoms with Crippen LogP contribution in [0.25, 0.3) is 0 Å². The van der Waals surface area contributed by atoms with Crippen LogP contribution in [0.2, 0.25) is 0 Å². The van der Waals surface area contributed by atoms with Crippen molar-refractivity contribution in [3.05, 3.63) is 0 Å². The maximum atomic E-state index is 11.8. The summed E-state index contributed by atoms with van der Waals surface area (Å²) in [6.07, 6.45) is -0.358. The zero-order valence-corrected chi connectivity index (χ0v) is 14.1. The molecule has 0 spiro atoms. The minimum atomic E-state index is -0.466. The van der Waals surface area contributed by atoms with Crippen LogP contribution in [0.1, 0.15) is 41.5 Å². The van der Waals surface area contributed by atoms with Crippen molar-refractivity contribution in [3.8, 4) is 0 Å². The van der Waals surface area contributed by atoms with Gasteiger partial charge in [0.15, 0.2) is 0 Å². The molecule has 20 heavy (non-hydrogen) atoms. The molecule has 0 aliphatic heterocycles. The Balaban J connectivity index is 4.14. The minimum Gasteiger partial charge on any atom is -0.444 e. The Morgan fingerprint density at radius 2 is 1.75 bits per heavy atom. The normalized spacial score (nSPS) is 15.0. The number of methoxy groups -OCH3 is 1. The summed E-state index contributed by atoms with van der Waals surface area (Å²) >= 11 is 0. The lowest BCUT2D eigenvalue weighted by Gasteiger charge is -2.26. The Kier molecular flexibility index (Phi) is 8.81. The fourth-order valence-electron chi connectivity index (χ4n) is 1.74. The molecule has 1 amide bonds. The van der Waals surface area contributed by atoms with E-state index in [1.54, 1.807) is 7.11 Å². The standard InChI is InChI=1S/C15H32N2O3/c1-11(2)13(9-16-8-12(3)10-19-7)17-14(18)20-15(4,5)6/h11-13,16H,8-10H2,1-7H3,(H,17,18). The van der Waals surface area contributed by atoms with Crippen LogP contribution < -0.4 is 10.6 Å². The summed E-state index contributed by atoms with van der Waals surface area (Å²) < 4.78 is 10.4. The minimum absolute atomic E-state index is 0.0552. The van der Waals surface area contributed by atoms with Gasteiger partial charge in [-0.05, 0) is 39.2 Å². The Hall–Kier alpha value is -0.810. The lowest BCUT2D eigenvalue weighted by atomic mass is 10.0. The third-order valence-corrected chi connectivity index (χ3v) is 2.82. The second-order valence-corrected chi connectivity index (χ2v) is 6.72. The summed E-state index contributed by atoms with van der Waals surface area (Å²) in [6, 6.07) is 0.0552. The zero-order valence-electron chi connectivity index (χ0n) is 14.1. The highest BCUT2D eigenvalue weighted by Gasteiger charge is 2.21. The first-order valence-corrected chi connectivity index (χ1v) is 7.35. The van der Waals surface area contributed by atoms with Crippen molar-refractivity contribution in [1.82, 2.24) is 10.6 Å². The molecule has 5 nitrogen and oxygen atoms in total. The van der Waals surface area contributed by atoms with Crippen molar-refractivity contribution in [3.63, 3.8) is 0 Å². The molecule has 0 radical (unpaired) electrons. The molecule has 2 unspecified atom stereocenters. The molecule has 0 fully saturated rings. The van der Waals surface area contributed by atoms with Crippen molar-refractivity contribution < 1.29 is 14.3 Å². The molecule has 0 aliphatic rings. The van der Waals surface area contributed by atoms with Gasteiger partial charge in [-0.2, -0.15) is 0 Å². The Morgan fingerprint density at radius 1 is 1.15 bits per heavy atom. The molecule has 2 N–H and O–H groups in total. The summed E-state index contributed by atoms with van der Waals surface area (Å²) in [6.45, 7) is 14.2. The van der Waals surface area contributed by atoms with Crippen molar-refractivity contribution >= 4 is 6.09 Å². The number of hydrogen-bond donors (Lipinski definition) is 2. The van der Waals surface area contributed by atoms with Crippen molar-refractivity contribution in [2.45, 2.75) is 53.2 Å². The smallest absolute Gasteiger partial charge is 0.407 e. The summed E-state index contributed by atoms with van der Waals surface area (Å²) in [7, 11) is 1.71. The molecule has 0 aliphatic carbocycles. The topological polar surface area (TPSA) is 59.6 Å². The van der Waals surface area contributed by atoms with E-state index in [9.17, 15) is 4.79 Å². The number of carbonyl (C=O) groups excluding carboxylic acids is 1. The van der Waals surface area contributed by atoms with Gasteiger partial charge in [0.2, 0.25) is 0 Å². The Labute approximate surface area is 123 Å². The molecule has 5 heteroatoms. The van der Waals surface area contributed by atoms with E-state index in [1.807, 2.05) is 20.8 Å². The lowest BCUT2D eigenvalue weighted by molar-refractivity contribution is 0.0489. The second kappa shape index (κ2) is 9.19. The average molecular weight is 288 g/mol. The Bertz CT molecular complexity index is 275. The van der Waals surface area contributed by atoms with E-state index in [1.165, 1.54) is 0 Å². The van der Waals surface area contributed by atoms with Crippen LogP contribution >= 0.6 is 0 Å². The summed E-state index contributed by atoms with van der Waals surface area (Å²) in [5.74, 6) is 0.794. The molecular formula is C15H32N2O3. The van der Waals surface area contributed by atoms with Gasteiger partial charge in [0.25, 0.3) is 0 Å². The number of carbonyl (C=O) groups is 1. The van der Waals surface area contributed by atoms with Gasteiger partial charge in [-0.1, -0.05) is 20.8 Å². The van der Waals surface area contributed by atoms with E-state index >= 15 is 0 Å². The SMILES string of the molecule is COCC(C)CNCC(NC(=O)OC(C)(C)C)C(C)C. The summed E-state index contributed by atoms with van der Waals surface area (Å²) in [5, 5.41) is 6.29. The van der Waals surface area contributed by atoms with Gasteiger partial charge in [-0.15, -0.1) is 0 Å². The molecule has 0 bridgehead atoms.